The van der Waals surface area contributed by atoms with Crippen LogP contribution in [0, 0.1) is 0 Å². The smallest absolute Gasteiger partial charge is 0.408 e. The fourth-order valence-corrected chi connectivity index (χ4v) is 1.50. The minimum Gasteiger partial charge on any atom is -0.408 e. The molecule has 0 radical (unpaired) electrons. The van der Waals surface area contributed by atoms with E-state index in [9.17, 15) is 4.79 Å². The molecule has 62 valence electrons. The topological polar surface area (TPSA) is 46.0 Å². The molecule has 2 aromatic rings. The summed E-state index contributed by atoms with van der Waals surface area (Å²) in [6, 6.07) is 3.07. The third-order valence-electron chi connectivity index (χ3n) is 1.45. The third kappa shape index (κ3) is 1.11. The molecule has 0 unspecified atom stereocenters. The number of fused-ring (bicyclic) bond motifs is 1. The highest BCUT2D eigenvalue weighted by Crippen LogP contribution is 2.25. The van der Waals surface area contributed by atoms with Gasteiger partial charge in [-0.1, -0.05) is 23.2 Å². The highest BCUT2D eigenvalue weighted by molar-refractivity contribution is 6.38. The van der Waals surface area contributed by atoms with Crippen molar-refractivity contribution in [2.24, 2.45) is 0 Å². The molecule has 1 N–H and O–H groups in total. The summed E-state index contributed by atoms with van der Waals surface area (Å²) in [5, 5.41) is 0.818. The number of H-pyrrole nitrogens is 1. The standard InChI is InChI=1S/C7H3Cl2NO2/c8-3-1-4(9)6-5(2-3)12-7(11)10-6/h1-2H,(H,10,11). The number of aromatic amines is 1. The molecule has 0 aliphatic heterocycles. The van der Waals surface area contributed by atoms with Gasteiger partial charge in [0.15, 0.2) is 5.58 Å². The molecule has 0 saturated carbocycles. The lowest BCUT2D eigenvalue weighted by Gasteiger charge is -1.91. The van der Waals surface area contributed by atoms with Crippen molar-refractivity contribution in [2.45, 2.75) is 0 Å². The highest BCUT2D eigenvalue weighted by atomic mass is 35.5. The largest absolute Gasteiger partial charge is 0.417 e. The van der Waals surface area contributed by atoms with Gasteiger partial charge in [-0.2, -0.15) is 0 Å². The van der Waals surface area contributed by atoms with Gasteiger partial charge in [0.25, 0.3) is 0 Å². The number of nitrogens with one attached hydrogen (secondary N) is 1. The second-order valence-corrected chi connectivity index (χ2v) is 3.12. The van der Waals surface area contributed by atoms with E-state index in [0.29, 0.717) is 21.1 Å². The maximum atomic E-state index is 10.7. The molecule has 0 amide bonds. The minimum absolute atomic E-state index is 0.373. The summed E-state index contributed by atoms with van der Waals surface area (Å²) >= 11 is 11.4. The summed E-state index contributed by atoms with van der Waals surface area (Å²) in [5.41, 5.74) is 0.851. The van der Waals surface area contributed by atoms with Crippen molar-refractivity contribution in [3.05, 3.63) is 32.7 Å². The van der Waals surface area contributed by atoms with Gasteiger partial charge < -0.3 is 4.42 Å². The van der Waals surface area contributed by atoms with E-state index in [4.69, 9.17) is 27.6 Å². The Kier molecular flexibility index (Phi) is 1.63. The van der Waals surface area contributed by atoms with Crippen molar-refractivity contribution in [2.75, 3.05) is 0 Å². The van der Waals surface area contributed by atoms with Gasteiger partial charge in [-0.3, -0.25) is 4.98 Å². The number of rotatable bonds is 0. The van der Waals surface area contributed by atoms with Crippen LogP contribution in [0.15, 0.2) is 21.3 Å². The van der Waals surface area contributed by atoms with E-state index in [1.54, 1.807) is 0 Å². The first-order chi connectivity index (χ1) is 5.66. The Bertz CT molecular complexity index is 486. The van der Waals surface area contributed by atoms with Gasteiger partial charge in [-0.25, -0.2) is 4.79 Å². The normalized spacial score (nSPS) is 10.8. The molecule has 0 fully saturated rings. The average molecular weight is 204 g/mol. The van der Waals surface area contributed by atoms with Crippen LogP contribution >= 0.6 is 23.2 Å². The Balaban J connectivity index is 2.97. The number of aromatic nitrogens is 1. The van der Waals surface area contributed by atoms with E-state index in [1.807, 2.05) is 0 Å². The Morgan fingerprint density at radius 1 is 1.33 bits per heavy atom. The maximum Gasteiger partial charge on any atom is 0.417 e. The molecule has 0 spiro atoms. The van der Waals surface area contributed by atoms with E-state index in [0.717, 1.165) is 0 Å². The summed E-state index contributed by atoms with van der Waals surface area (Å²) in [6.45, 7) is 0. The summed E-state index contributed by atoms with van der Waals surface area (Å²) in [4.78, 5) is 13.2. The van der Waals surface area contributed by atoms with E-state index >= 15 is 0 Å². The van der Waals surface area contributed by atoms with Crippen LogP contribution in [0.2, 0.25) is 10.0 Å². The van der Waals surface area contributed by atoms with E-state index in [1.165, 1.54) is 12.1 Å². The second-order valence-electron chi connectivity index (χ2n) is 2.28. The Labute approximate surface area is 76.9 Å². The summed E-state index contributed by atoms with van der Waals surface area (Å²) in [5.74, 6) is -0.533. The van der Waals surface area contributed by atoms with Gasteiger partial charge in [0.05, 0.1) is 5.02 Å². The van der Waals surface area contributed by atoms with Crippen LogP contribution in [0.4, 0.5) is 0 Å². The number of benzene rings is 1. The number of halogens is 2. The van der Waals surface area contributed by atoms with Gasteiger partial charge in [-0.05, 0) is 6.07 Å². The molecule has 0 aliphatic carbocycles. The number of hydrogen-bond donors (Lipinski definition) is 1. The van der Waals surface area contributed by atoms with Crippen molar-refractivity contribution in [1.29, 1.82) is 0 Å². The van der Waals surface area contributed by atoms with Crippen LogP contribution in [0.25, 0.3) is 11.1 Å². The van der Waals surface area contributed by atoms with Gasteiger partial charge in [-0.15, -0.1) is 0 Å². The fourth-order valence-electron chi connectivity index (χ4n) is 0.979. The van der Waals surface area contributed by atoms with Crippen molar-refractivity contribution in [3.8, 4) is 0 Å². The third-order valence-corrected chi connectivity index (χ3v) is 1.96. The highest BCUT2D eigenvalue weighted by Gasteiger charge is 2.05. The van der Waals surface area contributed by atoms with Gasteiger partial charge in [0.1, 0.15) is 5.52 Å². The first-order valence-electron chi connectivity index (χ1n) is 3.15. The van der Waals surface area contributed by atoms with Gasteiger partial charge >= 0.3 is 5.76 Å². The van der Waals surface area contributed by atoms with E-state index in [2.05, 4.69) is 4.98 Å². The molecule has 5 heteroatoms. The Morgan fingerprint density at radius 3 is 2.83 bits per heavy atom. The van der Waals surface area contributed by atoms with Crippen LogP contribution in [-0.2, 0) is 0 Å². The van der Waals surface area contributed by atoms with Crippen molar-refractivity contribution in [1.82, 2.24) is 4.98 Å². The Hall–Kier alpha value is -0.930. The SMILES string of the molecule is O=c1[nH]c2c(Cl)cc(Cl)cc2o1. The predicted molar refractivity (Wildman–Crippen MR) is 46.9 cm³/mol. The molecule has 1 aromatic heterocycles. The van der Waals surface area contributed by atoms with Crippen molar-refractivity contribution < 1.29 is 4.42 Å². The van der Waals surface area contributed by atoms with Crippen LogP contribution in [-0.4, -0.2) is 4.98 Å². The van der Waals surface area contributed by atoms with E-state index < -0.39 is 5.76 Å². The molecule has 0 atom stereocenters. The summed E-state index contributed by atoms with van der Waals surface area (Å²) in [6.07, 6.45) is 0. The number of oxazole rings is 1. The van der Waals surface area contributed by atoms with Crippen molar-refractivity contribution >= 4 is 34.3 Å². The van der Waals surface area contributed by atoms with Crippen LogP contribution < -0.4 is 5.76 Å². The second kappa shape index (κ2) is 2.54. The average Bonchev–Trinajstić information content (AvgIpc) is 2.29. The zero-order valence-corrected chi connectivity index (χ0v) is 7.24. The predicted octanol–water partition coefficient (Wildman–Crippen LogP) is 2.43. The van der Waals surface area contributed by atoms with Crippen LogP contribution in [0.5, 0.6) is 0 Å². The first-order valence-corrected chi connectivity index (χ1v) is 3.90. The Morgan fingerprint density at radius 2 is 2.08 bits per heavy atom. The number of hydrogen-bond acceptors (Lipinski definition) is 2. The molecule has 0 bridgehead atoms. The molecular weight excluding hydrogens is 201 g/mol. The van der Waals surface area contributed by atoms with Crippen LogP contribution in [0.1, 0.15) is 0 Å². The fraction of sp³-hybridized carbons (Fsp3) is 0. The van der Waals surface area contributed by atoms with E-state index in [-0.39, 0.29) is 0 Å². The molecule has 1 heterocycles. The molecular formula is C7H3Cl2NO2. The first kappa shape index (κ1) is 7.71. The van der Waals surface area contributed by atoms with Gasteiger partial charge in [0.2, 0.25) is 0 Å². The molecule has 3 nitrogen and oxygen atoms in total. The lowest BCUT2D eigenvalue weighted by Crippen LogP contribution is -1.93. The maximum absolute atomic E-state index is 10.7. The molecule has 2 rings (SSSR count). The van der Waals surface area contributed by atoms with Crippen molar-refractivity contribution in [3.63, 3.8) is 0 Å². The summed E-state index contributed by atoms with van der Waals surface area (Å²) in [7, 11) is 0. The quantitative estimate of drug-likeness (QED) is 0.716. The summed E-state index contributed by atoms with van der Waals surface area (Å²) < 4.78 is 4.75. The molecule has 0 aliphatic rings. The van der Waals surface area contributed by atoms with Gasteiger partial charge in [0, 0.05) is 11.1 Å². The van der Waals surface area contributed by atoms with Crippen LogP contribution in [0.3, 0.4) is 0 Å². The molecule has 0 saturated heterocycles. The molecule has 12 heavy (non-hydrogen) atoms. The minimum atomic E-state index is -0.533. The zero-order valence-electron chi connectivity index (χ0n) is 5.73. The lowest BCUT2D eigenvalue weighted by atomic mass is 10.3. The lowest BCUT2D eigenvalue weighted by molar-refractivity contribution is 0.555. The monoisotopic (exact) mass is 203 g/mol. The molecule has 1 aromatic carbocycles. The zero-order chi connectivity index (χ0) is 8.72.